The molecule has 0 saturated carbocycles. The first kappa shape index (κ1) is 14.5. The minimum absolute atomic E-state index is 0.996. The van der Waals surface area contributed by atoms with Gasteiger partial charge in [0.25, 0.3) is 0 Å². The van der Waals surface area contributed by atoms with Crippen molar-refractivity contribution in [3.63, 3.8) is 0 Å². The fourth-order valence-corrected chi connectivity index (χ4v) is 2.23. The fraction of sp³-hybridized carbons (Fsp3) is 0.929. The van der Waals surface area contributed by atoms with Crippen LogP contribution in [0.1, 0.15) is 46.5 Å². The summed E-state index contributed by atoms with van der Waals surface area (Å²) in [5.74, 6) is 1.23. The number of hydrogen-bond donors (Lipinski definition) is 0. The first-order valence-electron chi connectivity index (χ1n) is 7.26. The van der Waals surface area contributed by atoms with Crippen LogP contribution in [0.2, 0.25) is 0 Å². The number of unbranched alkanes of at least 4 members (excludes halogenated alkanes) is 2. The van der Waals surface area contributed by atoms with Crippen LogP contribution in [0.3, 0.4) is 0 Å². The van der Waals surface area contributed by atoms with Crippen molar-refractivity contribution in [1.29, 1.82) is 0 Å². The van der Waals surface area contributed by atoms with Gasteiger partial charge < -0.3 is 9.80 Å². The summed E-state index contributed by atoms with van der Waals surface area (Å²) in [5, 5.41) is 0. The van der Waals surface area contributed by atoms with Gasteiger partial charge in [0.15, 0.2) is 0 Å². The first-order valence-corrected chi connectivity index (χ1v) is 7.26. The summed E-state index contributed by atoms with van der Waals surface area (Å²) in [5.41, 5.74) is 0. The molecule has 0 bridgehead atoms. The molecule has 17 heavy (non-hydrogen) atoms. The Hall–Kier alpha value is -0.570. The third-order valence-electron chi connectivity index (χ3n) is 3.51. The molecule has 3 heteroatoms. The van der Waals surface area contributed by atoms with Crippen molar-refractivity contribution in [3.05, 3.63) is 0 Å². The number of aliphatic imine (C=N–C) groups is 1. The van der Waals surface area contributed by atoms with Crippen LogP contribution in [-0.2, 0) is 0 Å². The Bertz CT molecular complexity index is 218. The van der Waals surface area contributed by atoms with E-state index in [9.17, 15) is 0 Å². The van der Waals surface area contributed by atoms with Gasteiger partial charge in [-0.05, 0) is 32.9 Å². The van der Waals surface area contributed by atoms with E-state index in [2.05, 4.69) is 35.6 Å². The van der Waals surface area contributed by atoms with Crippen molar-refractivity contribution < 1.29 is 0 Å². The lowest BCUT2D eigenvalue weighted by molar-refractivity contribution is 0.243. The summed E-state index contributed by atoms with van der Waals surface area (Å²) in [4.78, 5) is 9.49. The number of hydrogen-bond acceptors (Lipinski definition) is 3. The summed E-state index contributed by atoms with van der Waals surface area (Å²) < 4.78 is 0. The van der Waals surface area contributed by atoms with Crippen LogP contribution in [0.5, 0.6) is 0 Å². The Morgan fingerprint density at radius 2 is 1.76 bits per heavy atom. The van der Waals surface area contributed by atoms with E-state index in [0.29, 0.717) is 0 Å². The zero-order chi connectivity index (χ0) is 12.5. The number of rotatable bonds is 9. The molecule has 1 aliphatic rings. The summed E-state index contributed by atoms with van der Waals surface area (Å²) in [6, 6.07) is 0. The van der Waals surface area contributed by atoms with Crippen molar-refractivity contribution >= 4 is 5.84 Å². The van der Waals surface area contributed by atoms with E-state index in [4.69, 9.17) is 0 Å². The predicted octanol–water partition coefficient (Wildman–Crippen LogP) is 2.62. The molecule has 0 unspecified atom stereocenters. The molecule has 0 spiro atoms. The van der Waals surface area contributed by atoms with E-state index in [1.54, 1.807) is 0 Å². The Kier molecular flexibility index (Phi) is 7.25. The summed E-state index contributed by atoms with van der Waals surface area (Å²) in [6.07, 6.45) is 5.26. The highest BCUT2D eigenvalue weighted by Gasteiger charge is 2.13. The van der Waals surface area contributed by atoms with Crippen LogP contribution in [-0.4, -0.2) is 54.9 Å². The van der Waals surface area contributed by atoms with Gasteiger partial charge in [-0.15, -0.1) is 0 Å². The maximum absolute atomic E-state index is 4.44. The van der Waals surface area contributed by atoms with Crippen LogP contribution in [0.25, 0.3) is 0 Å². The Labute approximate surface area is 107 Å². The maximum atomic E-state index is 4.44. The van der Waals surface area contributed by atoms with Gasteiger partial charge in [-0.1, -0.05) is 26.7 Å². The summed E-state index contributed by atoms with van der Waals surface area (Å²) in [6.45, 7) is 13.7. The number of amidine groups is 1. The second-order valence-corrected chi connectivity index (χ2v) is 4.96. The third-order valence-corrected chi connectivity index (χ3v) is 3.51. The lowest BCUT2D eigenvalue weighted by Gasteiger charge is -2.26. The number of nitrogens with zero attached hydrogens (tertiary/aromatic N) is 3. The van der Waals surface area contributed by atoms with Gasteiger partial charge in [-0.25, -0.2) is 0 Å². The third kappa shape index (κ3) is 5.53. The van der Waals surface area contributed by atoms with Gasteiger partial charge in [0, 0.05) is 19.6 Å². The standard InChI is InChI=1S/C14H29N3/c1-4-6-9-16(10-7-5-2)12-13-17-11-8-15-14(17)3/h4-13H2,1-3H3. The van der Waals surface area contributed by atoms with Crippen LogP contribution in [0, 0.1) is 0 Å². The monoisotopic (exact) mass is 239 g/mol. The SMILES string of the molecule is CCCCN(CCCC)CCN1CCN=C1C. The van der Waals surface area contributed by atoms with Crippen molar-refractivity contribution in [2.24, 2.45) is 4.99 Å². The molecule has 0 saturated heterocycles. The van der Waals surface area contributed by atoms with Gasteiger partial charge in [-0.2, -0.15) is 0 Å². The molecule has 0 aliphatic carbocycles. The molecule has 0 aromatic carbocycles. The topological polar surface area (TPSA) is 18.8 Å². The van der Waals surface area contributed by atoms with Gasteiger partial charge in [-0.3, -0.25) is 4.99 Å². The van der Waals surface area contributed by atoms with Gasteiger partial charge >= 0.3 is 0 Å². The average molecular weight is 239 g/mol. The minimum Gasteiger partial charge on any atom is -0.357 e. The lowest BCUT2D eigenvalue weighted by atomic mass is 10.2. The average Bonchev–Trinajstić information content (AvgIpc) is 2.74. The van der Waals surface area contributed by atoms with Crippen molar-refractivity contribution in [2.45, 2.75) is 46.5 Å². The summed E-state index contributed by atoms with van der Waals surface area (Å²) in [7, 11) is 0. The van der Waals surface area contributed by atoms with E-state index in [1.165, 1.54) is 51.2 Å². The molecule has 0 fully saturated rings. The molecule has 0 N–H and O–H groups in total. The largest absolute Gasteiger partial charge is 0.357 e. The maximum Gasteiger partial charge on any atom is 0.0959 e. The molecular weight excluding hydrogens is 210 g/mol. The zero-order valence-corrected chi connectivity index (χ0v) is 11.9. The van der Waals surface area contributed by atoms with E-state index >= 15 is 0 Å². The van der Waals surface area contributed by atoms with E-state index in [1.807, 2.05) is 0 Å². The lowest BCUT2D eigenvalue weighted by Crippen LogP contribution is -2.37. The normalized spacial score (nSPS) is 15.8. The molecule has 1 rings (SSSR count). The molecule has 3 nitrogen and oxygen atoms in total. The Morgan fingerprint density at radius 1 is 1.12 bits per heavy atom. The second-order valence-electron chi connectivity index (χ2n) is 4.96. The zero-order valence-electron chi connectivity index (χ0n) is 11.9. The van der Waals surface area contributed by atoms with E-state index < -0.39 is 0 Å². The molecule has 1 heterocycles. The van der Waals surface area contributed by atoms with Crippen LogP contribution >= 0.6 is 0 Å². The van der Waals surface area contributed by atoms with Gasteiger partial charge in [0.1, 0.15) is 0 Å². The fourth-order valence-electron chi connectivity index (χ4n) is 2.23. The van der Waals surface area contributed by atoms with Crippen molar-refractivity contribution in [2.75, 3.05) is 39.3 Å². The smallest absolute Gasteiger partial charge is 0.0959 e. The highest BCUT2D eigenvalue weighted by molar-refractivity contribution is 5.81. The predicted molar refractivity (Wildman–Crippen MR) is 75.8 cm³/mol. The quantitative estimate of drug-likeness (QED) is 0.616. The molecule has 0 atom stereocenters. The van der Waals surface area contributed by atoms with Gasteiger partial charge in [0.2, 0.25) is 0 Å². The Morgan fingerprint density at radius 3 is 2.24 bits per heavy atom. The molecule has 0 aromatic rings. The first-order chi connectivity index (χ1) is 8.27. The molecule has 0 aromatic heterocycles. The molecule has 0 radical (unpaired) electrons. The van der Waals surface area contributed by atoms with Crippen molar-refractivity contribution in [3.8, 4) is 0 Å². The molecule has 0 amide bonds. The second kappa shape index (κ2) is 8.51. The molecule has 100 valence electrons. The molecule has 1 aliphatic heterocycles. The van der Waals surface area contributed by atoms with Crippen LogP contribution in [0.15, 0.2) is 4.99 Å². The minimum atomic E-state index is 0.996. The van der Waals surface area contributed by atoms with Crippen molar-refractivity contribution in [1.82, 2.24) is 9.80 Å². The van der Waals surface area contributed by atoms with E-state index in [0.717, 1.165) is 19.6 Å². The highest BCUT2D eigenvalue weighted by atomic mass is 15.3. The summed E-state index contributed by atoms with van der Waals surface area (Å²) >= 11 is 0. The van der Waals surface area contributed by atoms with Crippen LogP contribution < -0.4 is 0 Å². The molecular formula is C14H29N3. The Balaban J connectivity index is 2.24. The van der Waals surface area contributed by atoms with Gasteiger partial charge in [0.05, 0.1) is 12.4 Å². The van der Waals surface area contributed by atoms with Crippen LogP contribution in [0.4, 0.5) is 0 Å². The highest BCUT2D eigenvalue weighted by Crippen LogP contribution is 2.03. The van der Waals surface area contributed by atoms with E-state index in [-0.39, 0.29) is 0 Å².